The van der Waals surface area contributed by atoms with Crippen molar-refractivity contribution >= 4 is 42.4 Å². The Bertz CT molecular complexity index is 1860. The van der Waals surface area contributed by atoms with Crippen molar-refractivity contribution in [2.75, 3.05) is 32.2 Å². The first kappa shape index (κ1) is 48.6. The number of ether oxygens (including phenoxy) is 5. The number of unbranched alkanes of at least 4 members (excludes halogenated alkanes) is 15. The van der Waals surface area contributed by atoms with E-state index in [0.29, 0.717) is 27.9 Å². The molecule has 2 aliphatic heterocycles. The van der Waals surface area contributed by atoms with Gasteiger partial charge < -0.3 is 34.3 Å². The van der Waals surface area contributed by atoms with Crippen molar-refractivity contribution in [3.63, 3.8) is 0 Å². The van der Waals surface area contributed by atoms with Crippen molar-refractivity contribution in [3.05, 3.63) is 58.0 Å². The van der Waals surface area contributed by atoms with Gasteiger partial charge in [-0.3, -0.25) is 9.05 Å². The van der Waals surface area contributed by atoms with Crippen LogP contribution in [-0.4, -0.2) is 76.1 Å². The third-order valence-corrected chi connectivity index (χ3v) is 12.7. The highest BCUT2D eigenvalue weighted by Gasteiger charge is 2.65. The minimum atomic E-state index is -4.69. The van der Waals surface area contributed by atoms with Gasteiger partial charge in [-0.05, 0) is 50.1 Å². The minimum Gasteiger partial charge on any atom is -0.382 e. The number of phosphoric ester groups is 1. The number of nitrogen functional groups attached to an aromatic ring is 1. The van der Waals surface area contributed by atoms with E-state index in [2.05, 4.69) is 23.1 Å². The molecule has 2 saturated heterocycles. The standard InChI is InChI=1S/C43H64Cl2N5O9P/c1-4-5-6-7-8-9-10-11-12-13-14-15-16-17-18-19-24-53-27-33(54-26-32-20-21-34(44)35(45)25-32)28-55-60(51,52)56-29-37-39-40(59-42(2,3)58-39)43(30-46,57-37)38-23-22-36-41(47)48-31-49-50(36)38/h20-23,25,31,33,37,39-40H,4-19,24,26-29H2,1-3H3,(H,51,52)(H2,47,48,49)/t33-,37-,39-,40-,43+/m1/s1. The maximum absolute atomic E-state index is 13.3. The van der Waals surface area contributed by atoms with E-state index in [4.69, 9.17) is 61.7 Å². The number of anilines is 1. The zero-order valence-corrected chi connectivity index (χ0v) is 37.8. The lowest BCUT2D eigenvalue weighted by atomic mass is 9.92. The van der Waals surface area contributed by atoms with Crippen LogP contribution in [0.1, 0.15) is 135 Å². The molecule has 0 radical (unpaired) electrons. The molecule has 2 aliphatic rings. The highest BCUT2D eigenvalue weighted by molar-refractivity contribution is 7.47. The smallest absolute Gasteiger partial charge is 0.382 e. The Hall–Kier alpha value is -2.38. The third-order valence-electron chi connectivity index (χ3n) is 11.0. The molecular formula is C43H64Cl2N5O9P. The monoisotopic (exact) mass is 895 g/mol. The number of hydrogen-bond donors (Lipinski definition) is 2. The van der Waals surface area contributed by atoms with Crippen molar-refractivity contribution < 1.29 is 42.2 Å². The van der Waals surface area contributed by atoms with E-state index in [9.17, 15) is 14.7 Å². The lowest BCUT2D eigenvalue weighted by Gasteiger charge is -2.29. The van der Waals surface area contributed by atoms with Crippen LogP contribution >= 0.6 is 31.0 Å². The van der Waals surface area contributed by atoms with Gasteiger partial charge in [0.25, 0.3) is 0 Å². The molecule has 2 fully saturated rings. The number of rotatable bonds is 29. The van der Waals surface area contributed by atoms with Crippen LogP contribution in [-0.2, 0) is 49.5 Å². The fourth-order valence-electron chi connectivity index (χ4n) is 7.80. The Morgan fingerprint density at radius 1 is 0.900 bits per heavy atom. The second kappa shape index (κ2) is 23.9. The van der Waals surface area contributed by atoms with Crippen LogP contribution in [0.25, 0.3) is 5.52 Å². The summed E-state index contributed by atoms with van der Waals surface area (Å²) in [6.45, 7) is 5.71. The Balaban J connectivity index is 1.07. The van der Waals surface area contributed by atoms with E-state index in [1.165, 1.54) is 94.3 Å². The SMILES string of the molecule is CCCCCCCCCCCCCCCCCCOC[C@H](COP(=O)(O)OC[C@H]1O[C@@](C#N)(c2ccc3c(N)ncnn23)[C@@H]2OC(C)(C)O[C@@H]21)OCc1ccc(Cl)c(Cl)c1. The predicted octanol–water partition coefficient (Wildman–Crippen LogP) is 10.3. The van der Waals surface area contributed by atoms with Crippen LogP contribution in [0.15, 0.2) is 36.7 Å². The number of halogens is 2. The summed E-state index contributed by atoms with van der Waals surface area (Å²) in [5.74, 6) is -0.878. The molecule has 4 heterocycles. The summed E-state index contributed by atoms with van der Waals surface area (Å²) < 4.78 is 56.4. The number of fused-ring (bicyclic) bond motifs is 2. The van der Waals surface area contributed by atoms with Crippen LogP contribution < -0.4 is 5.73 Å². The molecule has 14 nitrogen and oxygen atoms in total. The molecule has 6 atom stereocenters. The average Bonchev–Trinajstić information content (AvgIpc) is 3.89. The molecule has 5 rings (SSSR count). The highest BCUT2D eigenvalue weighted by atomic mass is 35.5. The molecule has 0 bridgehead atoms. The topological polar surface area (TPSA) is 182 Å². The first-order chi connectivity index (χ1) is 28.9. The molecule has 17 heteroatoms. The molecule has 0 saturated carbocycles. The van der Waals surface area contributed by atoms with Gasteiger partial charge in [0.05, 0.1) is 42.2 Å². The molecule has 0 spiro atoms. The number of phosphoric acid groups is 1. The average molecular weight is 897 g/mol. The quantitative estimate of drug-likeness (QED) is 0.0497. The lowest BCUT2D eigenvalue weighted by Crippen LogP contribution is -2.40. The third kappa shape index (κ3) is 14.1. The van der Waals surface area contributed by atoms with E-state index in [1.807, 2.05) is 0 Å². The summed E-state index contributed by atoms with van der Waals surface area (Å²) in [5, 5.41) is 15.7. The maximum Gasteiger partial charge on any atom is 0.472 e. The largest absolute Gasteiger partial charge is 0.472 e. The molecule has 1 aromatic carbocycles. The fourth-order valence-corrected chi connectivity index (χ4v) is 8.89. The molecular weight excluding hydrogens is 832 g/mol. The van der Waals surface area contributed by atoms with Crippen molar-refractivity contribution in [2.24, 2.45) is 0 Å². The summed E-state index contributed by atoms with van der Waals surface area (Å²) in [5.41, 5.74) is 5.89. The van der Waals surface area contributed by atoms with E-state index < -0.39 is 50.2 Å². The maximum atomic E-state index is 13.3. The van der Waals surface area contributed by atoms with Gasteiger partial charge in [-0.2, -0.15) is 10.4 Å². The van der Waals surface area contributed by atoms with Gasteiger partial charge in [-0.15, -0.1) is 0 Å². The summed E-state index contributed by atoms with van der Waals surface area (Å²) >= 11 is 12.3. The molecule has 0 aliphatic carbocycles. The second-order valence-corrected chi connectivity index (χ2v) is 18.6. The van der Waals surface area contributed by atoms with E-state index in [1.54, 1.807) is 44.2 Å². The Morgan fingerprint density at radius 2 is 1.55 bits per heavy atom. The zero-order chi connectivity index (χ0) is 43.0. The van der Waals surface area contributed by atoms with Gasteiger partial charge in [0.1, 0.15) is 42.3 Å². The molecule has 2 aromatic heterocycles. The van der Waals surface area contributed by atoms with E-state index >= 15 is 0 Å². The van der Waals surface area contributed by atoms with Crippen LogP contribution in [0.3, 0.4) is 0 Å². The Labute approximate surface area is 365 Å². The molecule has 60 heavy (non-hydrogen) atoms. The number of nitriles is 1. The first-order valence-electron chi connectivity index (χ1n) is 21.7. The molecule has 3 aromatic rings. The van der Waals surface area contributed by atoms with Crippen molar-refractivity contribution in [3.8, 4) is 6.07 Å². The number of nitrogens with two attached hydrogens (primary N) is 1. The fraction of sp³-hybridized carbons (Fsp3) is 0.698. The van der Waals surface area contributed by atoms with Gasteiger partial charge in [-0.1, -0.05) is 133 Å². The summed E-state index contributed by atoms with van der Waals surface area (Å²) in [6.07, 6.45) is 18.3. The molecule has 334 valence electrons. The van der Waals surface area contributed by atoms with Crippen LogP contribution in [0.5, 0.6) is 0 Å². The number of nitrogens with zero attached hydrogens (tertiary/aromatic N) is 4. The van der Waals surface area contributed by atoms with Crippen molar-refractivity contribution in [2.45, 2.75) is 166 Å². The van der Waals surface area contributed by atoms with Crippen LogP contribution in [0.4, 0.5) is 5.82 Å². The first-order valence-corrected chi connectivity index (χ1v) is 23.9. The van der Waals surface area contributed by atoms with E-state index in [0.717, 1.165) is 24.8 Å². The van der Waals surface area contributed by atoms with Gasteiger partial charge in [0, 0.05) is 6.61 Å². The predicted molar refractivity (Wildman–Crippen MR) is 231 cm³/mol. The number of benzene rings is 1. The number of aromatic nitrogens is 3. The molecule has 3 N–H and O–H groups in total. The van der Waals surface area contributed by atoms with Crippen molar-refractivity contribution in [1.82, 2.24) is 14.6 Å². The molecule has 1 unspecified atom stereocenters. The molecule has 0 amide bonds. The van der Waals surface area contributed by atoms with Gasteiger partial charge >= 0.3 is 7.82 Å². The minimum absolute atomic E-state index is 0.125. The normalized spacial score (nSPS) is 22.5. The van der Waals surface area contributed by atoms with Gasteiger partial charge in [0.15, 0.2) is 11.6 Å². The Morgan fingerprint density at radius 3 is 2.18 bits per heavy atom. The summed E-state index contributed by atoms with van der Waals surface area (Å²) in [7, 11) is -4.69. The highest BCUT2D eigenvalue weighted by Crippen LogP contribution is 2.51. The summed E-state index contributed by atoms with van der Waals surface area (Å²) in [4.78, 5) is 14.9. The van der Waals surface area contributed by atoms with Crippen LogP contribution in [0.2, 0.25) is 10.0 Å². The van der Waals surface area contributed by atoms with Gasteiger partial charge in [0.2, 0.25) is 5.60 Å². The van der Waals surface area contributed by atoms with Crippen LogP contribution in [0, 0.1) is 11.3 Å². The number of hydrogen-bond acceptors (Lipinski definition) is 12. The second-order valence-electron chi connectivity index (χ2n) is 16.3. The van der Waals surface area contributed by atoms with E-state index in [-0.39, 0.29) is 25.6 Å². The lowest BCUT2D eigenvalue weighted by molar-refractivity contribution is -0.204. The summed E-state index contributed by atoms with van der Waals surface area (Å²) in [6, 6.07) is 10.7. The van der Waals surface area contributed by atoms with Gasteiger partial charge in [-0.25, -0.2) is 14.1 Å². The van der Waals surface area contributed by atoms with Crippen molar-refractivity contribution in [1.29, 1.82) is 5.26 Å². The Kier molecular flexibility index (Phi) is 19.4. The zero-order valence-electron chi connectivity index (χ0n) is 35.4.